The zero-order valence-corrected chi connectivity index (χ0v) is 45.0. The third-order valence-electron chi connectivity index (χ3n) is 17.6. The highest BCUT2D eigenvalue weighted by atomic mass is 35.5. The summed E-state index contributed by atoms with van der Waals surface area (Å²) in [6.07, 6.45) is 23.2. The van der Waals surface area contributed by atoms with Crippen molar-refractivity contribution in [2.75, 3.05) is 24.0 Å². The van der Waals surface area contributed by atoms with Crippen LogP contribution >= 0.6 is 46.7 Å². The lowest BCUT2D eigenvalue weighted by atomic mass is 9.44. The summed E-state index contributed by atoms with van der Waals surface area (Å²) in [5.74, 6) is 1.90. The van der Waals surface area contributed by atoms with Crippen molar-refractivity contribution < 1.29 is 39.6 Å². The molecule has 4 aliphatic rings. The van der Waals surface area contributed by atoms with Crippen LogP contribution in [0.4, 0.5) is 0 Å². The quantitative estimate of drug-likeness (QED) is 0.0666. The van der Waals surface area contributed by atoms with Gasteiger partial charge in [0.25, 0.3) is 11.8 Å². The highest BCUT2D eigenvalue weighted by molar-refractivity contribution is 7.98. The zero-order valence-electron chi connectivity index (χ0n) is 41.9. The zero-order chi connectivity index (χ0) is 50.4. The number of phenols is 2. The molecular formula is C55H78Cl2N2O8S2. The van der Waals surface area contributed by atoms with Crippen molar-refractivity contribution in [3.8, 4) is 11.5 Å². The molecule has 0 heterocycles. The van der Waals surface area contributed by atoms with E-state index in [4.69, 9.17) is 23.2 Å². The Morgan fingerprint density at radius 3 is 1.78 bits per heavy atom. The van der Waals surface area contributed by atoms with Crippen LogP contribution < -0.4 is 10.6 Å². The maximum absolute atomic E-state index is 13.7. The summed E-state index contributed by atoms with van der Waals surface area (Å²) < 4.78 is 0. The van der Waals surface area contributed by atoms with Gasteiger partial charge in [0.1, 0.15) is 23.6 Å². The van der Waals surface area contributed by atoms with E-state index in [2.05, 4.69) is 45.3 Å². The van der Waals surface area contributed by atoms with Crippen molar-refractivity contribution in [1.82, 2.24) is 10.6 Å². The van der Waals surface area contributed by atoms with Gasteiger partial charge in [0.15, 0.2) is 0 Å². The van der Waals surface area contributed by atoms with Crippen LogP contribution in [-0.4, -0.2) is 80.3 Å². The minimum Gasteiger partial charge on any atom is -0.506 e. The van der Waals surface area contributed by atoms with Crippen LogP contribution in [0.5, 0.6) is 11.5 Å². The monoisotopic (exact) mass is 1030 g/mol. The van der Waals surface area contributed by atoms with Gasteiger partial charge in [-0.25, -0.2) is 9.59 Å². The van der Waals surface area contributed by atoms with Gasteiger partial charge in [-0.05, 0) is 207 Å². The molecular weight excluding hydrogens is 952 g/mol. The Labute approximate surface area is 429 Å². The van der Waals surface area contributed by atoms with E-state index in [0.29, 0.717) is 57.3 Å². The fourth-order valence-corrected chi connectivity index (χ4v) is 15.2. The molecule has 2 amide bonds. The van der Waals surface area contributed by atoms with Gasteiger partial charge >= 0.3 is 11.9 Å². The number of allylic oxidation sites excluding steroid dienone is 1. The van der Waals surface area contributed by atoms with E-state index in [0.717, 1.165) is 48.3 Å². The molecule has 2 aromatic carbocycles. The number of halogens is 2. The lowest BCUT2D eigenvalue weighted by Crippen LogP contribution is -2.53. The smallest absolute Gasteiger partial charge is 0.326 e. The maximum atomic E-state index is 13.7. The lowest BCUT2D eigenvalue weighted by Gasteiger charge is -2.61. The Bertz CT molecular complexity index is 2110. The van der Waals surface area contributed by atoms with Crippen LogP contribution in [0, 0.1) is 58.2 Å². The molecule has 69 heavy (non-hydrogen) atoms. The van der Waals surface area contributed by atoms with E-state index in [-0.39, 0.29) is 34.0 Å². The summed E-state index contributed by atoms with van der Waals surface area (Å²) in [6, 6.07) is 3.49. The van der Waals surface area contributed by atoms with Crippen LogP contribution in [0.2, 0.25) is 10.0 Å². The highest BCUT2D eigenvalue weighted by Gasteiger charge is 2.60. The van der Waals surface area contributed by atoms with E-state index in [1.54, 1.807) is 0 Å². The molecule has 14 heteroatoms. The molecule has 0 saturated heterocycles. The molecule has 4 aliphatic carbocycles. The van der Waals surface area contributed by atoms with Crippen LogP contribution in [0.15, 0.2) is 30.3 Å². The number of hydrogen-bond acceptors (Lipinski definition) is 8. The van der Waals surface area contributed by atoms with E-state index in [1.165, 1.54) is 118 Å². The normalized spacial score (nSPS) is 27.6. The van der Waals surface area contributed by atoms with E-state index >= 15 is 0 Å². The van der Waals surface area contributed by atoms with E-state index in [9.17, 15) is 39.6 Å². The fraction of sp³-hybridized carbons (Fsp3) is 0.673. The number of aromatic hydroxyl groups is 2. The third-order valence-corrected chi connectivity index (χ3v) is 19.4. The summed E-state index contributed by atoms with van der Waals surface area (Å²) in [5, 5.41) is 46.7. The summed E-state index contributed by atoms with van der Waals surface area (Å²) in [7, 11) is 0. The Balaban J connectivity index is 1.25. The number of carbonyl (C=O) groups is 4. The fourth-order valence-electron chi connectivity index (χ4n) is 13.8. The van der Waals surface area contributed by atoms with Crippen LogP contribution in [0.3, 0.4) is 0 Å². The molecule has 0 spiro atoms. The van der Waals surface area contributed by atoms with Gasteiger partial charge in [-0.3, -0.25) is 9.59 Å². The second-order valence-corrected chi connectivity index (χ2v) is 24.8. The number of fused-ring (bicyclic) bond motifs is 5. The minimum absolute atomic E-state index is 0.144. The van der Waals surface area contributed by atoms with Gasteiger partial charge < -0.3 is 31.1 Å². The molecule has 0 bridgehead atoms. The Hall–Kier alpha value is -3.06. The summed E-state index contributed by atoms with van der Waals surface area (Å²) in [4.78, 5) is 51.6. The Morgan fingerprint density at radius 2 is 1.26 bits per heavy atom. The predicted molar refractivity (Wildman–Crippen MR) is 283 cm³/mol. The van der Waals surface area contributed by atoms with Gasteiger partial charge in [0, 0.05) is 0 Å². The second-order valence-electron chi connectivity index (χ2n) is 22.0. The number of amides is 2. The molecule has 0 aromatic heterocycles. The molecule has 11 atom stereocenters. The Kier molecular flexibility index (Phi) is 19.3. The number of benzene rings is 2. The largest absolute Gasteiger partial charge is 0.506 e. The molecule has 4 saturated carbocycles. The van der Waals surface area contributed by atoms with Gasteiger partial charge in [0.05, 0.1) is 21.2 Å². The van der Waals surface area contributed by atoms with Crippen molar-refractivity contribution >= 4 is 76.1 Å². The summed E-state index contributed by atoms with van der Waals surface area (Å²) >= 11 is 16.2. The number of carboxylic acid groups (broad SMARTS) is 2. The Morgan fingerprint density at radius 1 is 0.725 bits per heavy atom. The van der Waals surface area contributed by atoms with E-state index in [1.807, 2.05) is 18.6 Å². The first-order chi connectivity index (χ1) is 32.7. The van der Waals surface area contributed by atoms with E-state index < -0.39 is 47.3 Å². The SMILES string of the molecule is CSCCC(NC(=O)c1cc(C(=CCC[C@H]2CC[C@@]3(C)[C@@H](CC[C@@H]4[C@@H]3CC[C@]3(C)[C@@H]([C@H](C)CCCC(C)C)CC[C@@H]43)C2)c2cc(Cl)c(O)c(C(=O)NC(CCSC)C(=O)O)c2)cc(Cl)c1O)C(=O)O. The first-order valence-electron chi connectivity index (χ1n) is 25.5. The first-order valence-corrected chi connectivity index (χ1v) is 29.1. The number of nitrogens with one attached hydrogen (secondary N) is 2. The minimum atomic E-state index is -1.21. The van der Waals surface area contributed by atoms with Crippen LogP contribution in [-0.2, 0) is 9.59 Å². The molecule has 0 radical (unpaired) electrons. The predicted octanol–water partition coefficient (Wildman–Crippen LogP) is 13.2. The summed E-state index contributed by atoms with van der Waals surface area (Å²) in [5.41, 5.74) is 1.66. The van der Waals surface area contributed by atoms with Crippen molar-refractivity contribution in [2.45, 2.75) is 149 Å². The number of thioether (sulfide) groups is 2. The lowest BCUT2D eigenvalue weighted by molar-refractivity contribution is -0.140. The third kappa shape index (κ3) is 12.6. The molecule has 10 nitrogen and oxygen atoms in total. The number of aliphatic carboxylic acids is 2. The number of phenolic OH excluding ortho intramolecular Hbond substituents is 2. The molecule has 382 valence electrons. The van der Waals surface area contributed by atoms with Gasteiger partial charge in [-0.1, -0.05) is 83.2 Å². The highest BCUT2D eigenvalue weighted by Crippen LogP contribution is 2.69. The van der Waals surface area contributed by atoms with Crippen molar-refractivity contribution in [1.29, 1.82) is 0 Å². The van der Waals surface area contributed by atoms with Gasteiger partial charge in [-0.15, -0.1) is 0 Å². The van der Waals surface area contributed by atoms with Gasteiger partial charge in [0.2, 0.25) is 0 Å². The molecule has 2 aromatic rings. The summed E-state index contributed by atoms with van der Waals surface area (Å²) in [6.45, 7) is 12.5. The van der Waals surface area contributed by atoms with Crippen LogP contribution in [0.1, 0.15) is 169 Å². The molecule has 6 rings (SSSR count). The van der Waals surface area contributed by atoms with Crippen molar-refractivity contribution in [2.24, 2.45) is 58.2 Å². The maximum Gasteiger partial charge on any atom is 0.326 e. The number of carboxylic acids is 2. The van der Waals surface area contributed by atoms with Crippen molar-refractivity contribution in [3.05, 3.63) is 62.6 Å². The number of carbonyl (C=O) groups excluding carboxylic acids is 2. The topological polar surface area (TPSA) is 173 Å². The molecule has 6 N–H and O–H groups in total. The standard InChI is InChI=1S/C55H78Cl2N2O8S2/c1-31(2)10-8-11-32(3)41-16-17-42-38-15-14-36-26-33(18-22-54(36,4)43(38)19-23-55(41,42)5)12-9-13-37(34-27-39(48(60)44(56)29-34)50(62)58-46(52(64)65)20-24-68-6)35-28-40(49(61)45(57)30-35)51(63)59-47(53(66)67)21-25-69-7/h13,27-33,36,38,41-43,46-47,60-61H,8-12,14-26H2,1-7H3,(H,58,62)(H,59,63)(H,64,65)(H,66,67)/t32-,33+,36+,38+,41-,42+,43+,46?,47?,54+,55-/m1/s1. The van der Waals surface area contributed by atoms with Crippen LogP contribution in [0.25, 0.3) is 5.57 Å². The molecule has 4 fully saturated rings. The first kappa shape index (κ1) is 55.3. The molecule has 2 unspecified atom stereocenters. The number of rotatable bonds is 22. The van der Waals surface area contributed by atoms with Gasteiger partial charge in [-0.2, -0.15) is 23.5 Å². The van der Waals surface area contributed by atoms with Crippen molar-refractivity contribution in [3.63, 3.8) is 0 Å². The average molecular weight is 1030 g/mol. The number of hydrogen-bond donors (Lipinski definition) is 6. The average Bonchev–Trinajstić information content (AvgIpc) is 3.66. The molecule has 0 aliphatic heterocycles. The second kappa shape index (κ2) is 24.1.